The fourth-order valence-corrected chi connectivity index (χ4v) is 2.76. The molecule has 0 amide bonds. The van der Waals surface area contributed by atoms with Crippen molar-refractivity contribution in [2.45, 2.75) is 6.23 Å². The number of benzene rings is 2. The number of aliphatic imine (C=N–C) groups is 1. The number of rotatable bonds is 3. The van der Waals surface area contributed by atoms with Gasteiger partial charge in [0.1, 0.15) is 12.4 Å². The van der Waals surface area contributed by atoms with Crippen LogP contribution >= 0.6 is 11.6 Å². The Labute approximate surface area is 138 Å². The Balaban J connectivity index is 2.07. The highest BCUT2D eigenvalue weighted by molar-refractivity contribution is 6.32. The van der Waals surface area contributed by atoms with E-state index in [0.29, 0.717) is 17.2 Å². The summed E-state index contributed by atoms with van der Waals surface area (Å²) in [5.74, 6) is 0.552. The first-order valence-corrected chi connectivity index (χ1v) is 7.43. The maximum Gasteiger partial charge on any atom is 0.188 e. The summed E-state index contributed by atoms with van der Waals surface area (Å²) in [5, 5.41) is 10.7. The van der Waals surface area contributed by atoms with Crippen LogP contribution < -0.4 is 16.2 Å². The van der Waals surface area contributed by atoms with Crippen LogP contribution in [0.4, 0.5) is 0 Å². The molecular weight excluding hydrogens is 314 g/mol. The van der Waals surface area contributed by atoms with E-state index in [0.717, 1.165) is 22.4 Å². The maximum atomic E-state index is 10.1. The van der Waals surface area contributed by atoms with Crippen LogP contribution in [0.1, 0.15) is 22.9 Å². The van der Waals surface area contributed by atoms with Crippen LogP contribution in [0.25, 0.3) is 5.57 Å². The molecule has 2 aromatic rings. The van der Waals surface area contributed by atoms with Gasteiger partial charge >= 0.3 is 0 Å². The lowest BCUT2D eigenvalue weighted by molar-refractivity contribution is 0.188. The Morgan fingerprint density at radius 1 is 1.17 bits per heavy atom. The van der Waals surface area contributed by atoms with Crippen LogP contribution in [0.3, 0.4) is 0 Å². The monoisotopic (exact) mass is 329 g/mol. The van der Waals surface area contributed by atoms with Gasteiger partial charge in [-0.3, -0.25) is 0 Å². The number of guanidine groups is 1. The number of nitrogens with two attached hydrogens (primary N) is 2. The molecule has 1 aliphatic heterocycles. The molecule has 23 heavy (non-hydrogen) atoms. The minimum absolute atomic E-state index is 0.173. The zero-order valence-corrected chi connectivity index (χ0v) is 13.0. The van der Waals surface area contributed by atoms with Crippen molar-refractivity contribution in [3.63, 3.8) is 0 Å². The molecule has 1 unspecified atom stereocenters. The predicted octanol–water partition coefficient (Wildman–Crippen LogP) is 2.43. The van der Waals surface area contributed by atoms with E-state index < -0.39 is 6.23 Å². The zero-order valence-electron chi connectivity index (χ0n) is 12.2. The summed E-state index contributed by atoms with van der Waals surface area (Å²) < 4.78 is 5.64. The van der Waals surface area contributed by atoms with E-state index in [2.05, 4.69) is 4.99 Å². The van der Waals surface area contributed by atoms with Gasteiger partial charge in [0, 0.05) is 21.7 Å². The van der Waals surface area contributed by atoms with Crippen molar-refractivity contribution < 1.29 is 9.84 Å². The first kappa shape index (κ1) is 15.4. The summed E-state index contributed by atoms with van der Waals surface area (Å²) in [7, 11) is 0. The van der Waals surface area contributed by atoms with Crippen LogP contribution in [0.15, 0.2) is 53.5 Å². The SMILES string of the molecule is NC(N)=NC(O)c1ccc2c(c1)C(c1ccccc1Cl)=CCO2. The number of ether oxygens (including phenoxy) is 1. The van der Waals surface area contributed by atoms with Crippen molar-refractivity contribution in [1.82, 2.24) is 0 Å². The van der Waals surface area contributed by atoms with Crippen LogP contribution in [0.5, 0.6) is 5.75 Å². The molecule has 0 saturated carbocycles. The van der Waals surface area contributed by atoms with Gasteiger partial charge in [-0.1, -0.05) is 35.9 Å². The minimum atomic E-state index is -1.13. The Bertz CT molecular complexity index is 798. The Morgan fingerprint density at radius 3 is 2.70 bits per heavy atom. The molecule has 5 nitrogen and oxygen atoms in total. The molecule has 0 radical (unpaired) electrons. The van der Waals surface area contributed by atoms with Crippen molar-refractivity contribution in [2.24, 2.45) is 16.5 Å². The Hall–Kier alpha value is -2.50. The highest BCUT2D eigenvalue weighted by Crippen LogP contribution is 2.38. The normalized spacial score (nSPS) is 14.3. The number of aliphatic hydroxyl groups is 1. The molecule has 1 heterocycles. The lowest BCUT2D eigenvalue weighted by Gasteiger charge is -2.21. The largest absolute Gasteiger partial charge is 0.489 e. The fourth-order valence-electron chi connectivity index (χ4n) is 2.52. The van der Waals surface area contributed by atoms with E-state index >= 15 is 0 Å². The Morgan fingerprint density at radius 2 is 1.96 bits per heavy atom. The lowest BCUT2D eigenvalue weighted by Crippen LogP contribution is -2.23. The van der Waals surface area contributed by atoms with Gasteiger partial charge in [0.25, 0.3) is 0 Å². The van der Waals surface area contributed by atoms with Crippen LogP contribution in [-0.4, -0.2) is 17.7 Å². The van der Waals surface area contributed by atoms with E-state index in [1.165, 1.54) is 0 Å². The predicted molar refractivity (Wildman–Crippen MR) is 91.2 cm³/mol. The summed E-state index contributed by atoms with van der Waals surface area (Å²) in [6, 6.07) is 12.9. The number of aliphatic hydroxyl groups excluding tert-OH is 1. The average Bonchev–Trinajstić information content (AvgIpc) is 2.54. The van der Waals surface area contributed by atoms with Crippen LogP contribution in [0, 0.1) is 0 Å². The van der Waals surface area contributed by atoms with Gasteiger partial charge < -0.3 is 21.3 Å². The second-order valence-electron chi connectivity index (χ2n) is 5.09. The molecule has 0 saturated heterocycles. The van der Waals surface area contributed by atoms with Gasteiger partial charge in [-0.05, 0) is 29.8 Å². The number of hydrogen-bond donors (Lipinski definition) is 3. The molecule has 3 rings (SSSR count). The molecule has 2 aromatic carbocycles. The number of fused-ring (bicyclic) bond motifs is 1. The van der Waals surface area contributed by atoms with Crippen LogP contribution in [-0.2, 0) is 0 Å². The second-order valence-corrected chi connectivity index (χ2v) is 5.50. The first-order valence-electron chi connectivity index (χ1n) is 7.05. The molecule has 0 bridgehead atoms. The van der Waals surface area contributed by atoms with Gasteiger partial charge in [-0.2, -0.15) is 0 Å². The molecule has 1 aliphatic rings. The maximum absolute atomic E-state index is 10.1. The summed E-state index contributed by atoms with van der Waals surface area (Å²) in [6.07, 6.45) is 0.833. The molecule has 0 aliphatic carbocycles. The van der Waals surface area contributed by atoms with Gasteiger partial charge in [-0.25, -0.2) is 4.99 Å². The van der Waals surface area contributed by atoms with Crippen molar-refractivity contribution in [3.05, 3.63) is 70.3 Å². The van der Waals surface area contributed by atoms with Gasteiger partial charge in [-0.15, -0.1) is 0 Å². The van der Waals surface area contributed by atoms with E-state index in [4.69, 9.17) is 27.8 Å². The summed E-state index contributed by atoms with van der Waals surface area (Å²) in [4.78, 5) is 3.75. The van der Waals surface area contributed by atoms with Crippen LogP contribution in [0.2, 0.25) is 5.02 Å². The third-order valence-corrected chi connectivity index (χ3v) is 3.88. The molecular formula is C17H16ClN3O2. The topological polar surface area (TPSA) is 93.9 Å². The second kappa shape index (κ2) is 6.32. The minimum Gasteiger partial charge on any atom is -0.489 e. The van der Waals surface area contributed by atoms with E-state index in [9.17, 15) is 5.11 Å². The quantitative estimate of drug-likeness (QED) is 0.595. The van der Waals surface area contributed by atoms with E-state index in [1.807, 2.05) is 30.3 Å². The summed E-state index contributed by atoms with van der Waals surface area (Å²) >= 11 is 6.31. The zero-order chi connectivity index (χ0) is 16.4. The van der Waals surface area contributed by atoms with E-state index in [1.54, 1.807) is 18.2 Å². The smallest absolute Gasteiger partial charge is 0.188 e. The van der Waals surface area contributed by atoms with Crippen molar-refractivity contribution in [3.8, 4) is 5.75 Å². The molecule has 6 heteroatoms. The van der Waals surface area contributed by atoms with Crippen molar-refractivity contribution in [2.75, 3.05) is 6.61 Å². The molecule has 0 aromatic heterocycles. The van der Waals surface area contributed by atoms with Crippen molar-refractivity contribution >= 4 is 23.1 Å². The lowest BCUT2D eigenvalue weighted by atomic mass is 9.93. The van der Waals surface area contributed by atoms with Crippen molar-refractivity contribution in [1.29, 1.82) is 0 Å². The molecule has 1 atom stereocenters. The average molecular weight is 330 g/mol. The highest BCUT2D eigenvalue weighted by Gasteiger charge is 2.19. The third kappa shape index (κ3) is 3.16. The standard InChI is InChI=1S/C17H16ClN3O2/c18-14-4-2-1-3-12(14)11-7-8-23-15-6-5-10(9-13(11)15)16(22)21-17(19)20/h1-7,9,16,22H,8H2,(H4,19,20,21). The molecule has 118 valence electrons. The summed E-state index contributed by atoms with van der Waals surface area (Å²) in [6.45, 7) is 0.462. The first-order chi connectivity index (χ1) is 11.1. The number of nitrogens with zero attached hydrogens (tertiary/aromatic N) is 1. The third-order valence-electron chi connectivity index (χ3n) is 3.55. The molecule has 0 spiro atoms. The fraction of sp³-hybridized carbons (Fsp3) is 0.118. The van der Waals surface area contributed by atoms with Gasteiger partial charge in [0.15, 0.2) is 12.2 Å². The Kier molecular flexibility index (Phi) is 4.23. The molecule has 5 N–H and O–H groups in total. The van der Waals surface area contributed by atoms with Gasteiger partial charge in [0.05, 0.1) is 0 Å². The number of halogens is 1. The summed E-state index contributed by atoms with van der Waals surface area (Å²) in [5.41, 5.74) is 13.9. The van der Waals surface area contributed by atoms with E-state index in [-0.39, 0.29) is 5.96 Å². The highest BCUT2D eigenvalue weighted by atomic mass is 35.5. The molecule has 0 fully saturated rings. The van der Waals surface area contributed by atoms with Gasteiger partial charge in [0.2, 0.25) is 0 Å². The number of hydrogen-bond acceptors (Lipinski definition) is 3.